The van der Waals surface area contributed by atoms with Crippen LogP contribution in [0.15, 0.2) is 0 Å². The molecule has 3 rings (SSSR count). The summed E-state index contributed by atoms with van der Waals surface area (Å²) in [5, 5.41) is 12.8. The summed E-state index contributed by atoms with van der Waals surface area (Å²) in [7, 11) is 0. The average molecular weight is 239 g/mol. The van der Waals surface area contributed by atoms with Gasteiger partial charge in [-0.2, -0.15) is 0 Å². The molecule has 98 valence electrons. The lowest BCUT2D eigenvalue weighted by molar-refractivity contribution is -0.133. The van der Waals surface area contributed by atoms with Crippen LogP contribution >= 0.6 is 0 Å². The van der Waals surface area contributed by atoms with Crippen LogP contribution in [0, 0.1) is 11.3 Å². The van der Waals surface area contributed by atoms with E-state index < -0.39 is 0 Å². The van der Waals surface area contributed by atoms with E-state index in [-0.39, 0.29) is 0 Å². The Labute approximate surface area is 104 Å². The van der Waals surface area contributed by atoms with Crippen LogP contribution in [0.3, 0.4) is 0 Å². The van der Waals surface area contributed by atoms with Crippen LogP contribution in [0.2, 0.25) is 0 Å². The molecule has 2 aliphatic carbocycles. The Morgan fingerprint density at radius 1 is 1.41 bits per heavy atom. The van der Waals surface area contributed by atoms with E-state index in [9.17, 15) is 0 Å². The molecule has 1 aliphatic heterocycles. The molecule has 17 heavy (non-hydrogen) atoms. The van der Waals surface area contributed by atoms with Gasteiger partial charge in [-0.1, -0.05) is 12.8 Å². The van der Waals surface area contributed by atoms with Crippen molar-refractivity contribution in [3.05, 3.63) is 0 Å². The highest BCUT2D eigenvalue weighted by Crippen LogP contribution is 2.60. The quantitative estimate of drug-likeness (QED) is 0.784. The highest BCUT2D eigenvalue weighted by molar-refractivity contribution is 5.16. The molecule has 0 amide bonds. The highest BCUT2D eigenvalue weighted by Gasteiger charge is 2.64. The van der Waals surface area contributed by atoms with Crippen LogP contribution in [0.25, 0.3) is 0 Å². The first kappa shape index (κ1) is 11.9. The van der Waals surface area contributed by atoms with Gasteiger partial charge in [-0.25, -0.2) is 0 Å². The summed E-state index contributed by atoms with van der Waals surface area (Å²) in [5.41, 5.74) is 0.449. The average Bonchev–Trinajstić information content (AvgIpc) is 2.94. The molecule has 4 atom stereocenters. The first-order chi connectivity index (χ1) is 8.28. The van der Waals surface area contributed by atoms with Gasteiger partial charge in [-0.15, -0.1) is 0 Å². The largest absolute Gasteiger partial charge is 0.396 e. The highest BCUT2D eigenvalue weighted by atomic mass is 16.5. The number of hydrogen-bond donors (Lipinski definition) is 2. The molecule has 3 nitrogen and oxygen atoms in total. The Bertz CT molecular complexity index is 275. The Hall–Kier alpha value is -0.120. The number of aliphatic hydroxyl groups excluding tert-OH is 1. The lowest BCUT2D eigenvalue weighted by atomic mass is 9.54. The monoisotopic (exact) mass is 239 g/mol. The van der Waals surface area contributed by atoms with E-state index in [1.165, 1.54) is 32.1 Å². The van der Waals surface area contributed by atoms with E-state index in [0.717, 1.165) is 18.9 Å². The topological polar surface area (TPSA) is 41.5 Å². The van der Waals surface area contributed by atoms with Crippen molar-refractivity contribution >= 4 is 0 Å². The number of hydrogen-bond acceptors (Lipinski definition) is 3. The number of fused-ring (bicyclic) bond motifs is 2. The molecule has 3 heteroatoms. The van der Waals surface area contributed by atoms with Crippen molar-refractivity contribution in [2.75, 3.05) is 13.2 Å². The number of ether oxygens (including phenoxy) is 1. The SMILES string of the molecule is CC(CCO)NC1C2CCOC2C12CCCC2. The summed E-state index contributed by atoms with van der Waals surface area (Å²) in [6, 6.07) is 1.09. The summed E-state index contributed by atoms with van der Waals surface area (Å²) in [6.07, 6.45) is 8.08. The van der Waals surface area contributed by atoms with Gasteiger partial charge in [0.1, 0.15) is 0 Å². The van der Waals surface area contributed by atoms with Crippen molar-refractivity contribution < 1.29 is 9.84 Å². The Morgan fingerprint density at radius 2 is 2.18 bits per heavy atom. The molecular formula is C14H25NO2. The molecule has 1 heterocycles. The van der Waals surface area contributed by atoms with Crippen LogP contribution in [-0.4, -0.2) is 36.5 Å². The lowest BCUT2D eigenvalue weighted by Gasteiger charge is -2.57. The molecule has 3 aliphatic rings. The van der Waals surface area contributed by atoms with Crippen LogP contribution in [0.4, 0.5) is 0 Å². The molecule has 1 spiro atoms. The number of nitrogens with one attached hydrogen (secondary N) is 1. The molecule has 2 saturated carbocycles. The lowest BCUT2D eigenvalue weighted by Crippen LogP contribution is -2.68. The second-order valence-corrected chi connectivity index (χ2v) is 6.24. The summed E-state index contributed by atoms with van der Waals surface area (Å²) in [6.45, 7) is 3.45. The van der Waals surface area contributed by atoms with E-state index >= 15 is 0 Å². The minimum Gasteiger partial charge on any atom is -0.396 e. The van der Waals surface area contributed by atoms with E-state index in [1.807, 2.05) is 0 Å². The molecule has 0 aromatic heterocycles. The molecule has 0 bridgehead atoms. The van der Waals surface area contributed by atoms with E-state index in [2.05, 4.69) is 12.2 Å². The Balaban J connectivity index is 1.69. The maximum absolute atomic E-state index is 9.02. The third-order valence-electron chi connectivity index (χ3n) is 5.31. The van der Waals surface area contributed by atoms with Gasteiger partial charge in [0.15, 0.2) is 0 Å². The van der Waals surface area contributed by atoms with Crippen molar-refractivity contribution in [2.45, 2.75) is 63.6 Å². The third kappa shape index (κ3) is 1.74. The maximum atomic E-state index is 9.02. The van der Waals surface area contributed by atoms with E-state index in [4.69, 9.17) is 9.84 Å². The van der Waals surface area contributed by atoms with E-state index in [0.29, 0.717) is 30.2 Å². The van der Waals surface area contributed by atoms with Crippen LogP contribution in [0.1, 0.15) is 45.4 Å². The zero-order chi connectivity index (χ0) is 11.9. The fraction of sp³-hybridized carbons (Fsp3) is 1.00. The summed E-state index contributed by atoms with van der Waals surface area (Å²) < 4.78 is 5.97. The van der Waals surface area contributed by atoms with Crippen molar-refractivity contribution in [1.82, 2.24) is 5.32 Å². The van der Waals surface area contributed by atoms with Gasteiger partial charge in [0, 0.05) is 36.6 Å². The van der Waals surface area contributed by atoms with Crippen LogP contribution in [-0.2, 0) is 4.74 Å². The molecule has 0 aromatic carbocycles. The van der Waals surface area contributed by atoms with Gasteiger partial charge in [0.05, 0.1) is 6.10 Å². The molecule has 0 aromatic rings. The normalized spacial score (nSPS) is 40.2. The van der Waals surface area contributed by atoms with Crippen molar-refractivity contribution in [3.8, 4) is 0 Å². The van der Waals surface area contributed by atoms with Gasteiger partial charge in [0.2, 0.25) is 0 Å². The zero-order valence-corrected chi connectivity index (χ0v) is 10.8. The predicted octanol–water partition coefficient (Wildman–Crippen LogP) is 1.69. The van der Waals surface area contributed by atoms with Gasteiger partial charge in [-0.05, 0) is 32.6 Å². The van der Waals surface area contributed by atoms with Gasteiger partial charge >= 0.3 is 0 Å². The first-order valence-electron chi connectivity index (χ1n) is 7.26. The fourth-order valence-corrected chi connectivity index (χ4v) is 4.53. The first-order valence-corrected chi connectivity index (χ1v) is 7.26. The van der Waals surface area contributed by atoms with E-state index in [1.54, 1.807) is 0 Å². The second kappa shape index (κ2) is 4.52. The van der Waals surface area contributed by atoms with Gasteiger partial charge in [-0.3, -0.25) is 0 Å². The predicted molar refractivity (Wildman–Crippen MR) is 66.8 cm³/mol. The van der Waals surface area contributed by atoms with Gasteiger partial charge in [0.25, 0.3) is 0 Å². The fourth-order valence-electron chi connectivity index (χ4n) is 4.53. The summed E-state index contributed by atoms with van der Waals surface area (Å²) >= 11 is 0. The smallest absolute Gasteiger partial charge is 0.0690 e. The third-order valence-corrected chi connectivity index (χ3v) is 5.31. The molecule has 2 N–H and O–H groups in total. The molecule has 1 saturated heterocycles. The zero-order valence-electron chi connectivity index (χ0n) is 10.8. The second-order valence-electron chi connectivity index (χ2n) is 6.24. The number of rotatable bonds is 4. The summed E-state index contributed by atoms with van der Waals surface area (Å²) in [5.74, 6) is 0.745. The molecule has 0 radical (unpaired) electrons. The van der Waals surface area contributed by atoms with Crippen molar-refractivity contribution in [3.63, 3.8) is 0 Å². The summed E-state index contributed by atoms with van der Waals surface area (Å²) in [4.78, 5) is 0. The van der Waals surface area contributed by atoms with Crippen LogP contribution in [0.5, 0.6) is 0 Å². The van der Waals surface area contributed by atoms with Gasteiger partial charge < -0.3 is 15.2 Å². The maximum Gasteiger partial charge on any atom is 0.0690 e. The Morgan fingerprint density at radius 3 is 2.88 bits per heavy atom. The molecule has 3 fully saturated rings. The Kier molecular flexibility index (Phi) is 3.18. The molecular weight excluding hydrogens is 214 g/mol. The van der Waals surface area contributed by atoms with Crippen LogP contribution < -0.4 is 5.32 Å². The number of aliphatic hydroxyl groups is 1. The minimum absolute atomic E-state index is 0.290. The minimum atomic E-state index is 0.290. The van der Waals surface area contributed by atoms with Crippen molar-refractivity contribution in [2.24, 2.45) is 11.3 Å². The molecule has 4 unspecified atom stereocenters. The standard InChI is InChI=1S/C14H25NO2/c1-10(4-8-16)15-12-11-5-9-17-13(11)14(12)6-2-3-7-14/h10-13,15-16H,2-9H2,1H3. The van der Waals surface area contributed by atoms with Crippen molar-refractivity contribution in [1.29, 1.82) is 0 Å².